The third-order valence-corrected chi connectivity index (χ3v) is 2.49. The van der Waals surface area contributed by atoms with Crippen LogP contribution < -0.4 is 9.47 Å². The first-order valence-corrected chi connectivity index (χ1v) is 6.40. The molecular formula is C14H22O4. The lowest BCUT2D eigenvalue weighted by Crippen LogP contribution is -2.21. The fraction of sp³-hybridized carbons (Fsp3) is 0.571. The smallest absolute Gasteiger partial charge is 0.119 e. The van der Waals surface area contributed by atoms with E-state index in [-0.39, 0.29) is 13.2 Å². The predicted octanol–water partition coefficient (Wildman–Crippen LogP) is 1.99. The Morgan fingerprint density at radius 2 is 1.67 bits per heavy atom. The van der Waals surface area contributed by atoms with E-state index in [1.807, 2.05) is 12.1 Å². The number of aliphatic hydroxyl groups is 2. The molecule has 0 aliphatic rings. The van der Waals surface area contributed by atoms with Crippen molar-refractivity contribution in [2.75, 3.05) is 19.8 Å². The van der Waals surface area contributed by atoms with Gasteiger partial charge in [-0.05, 0) is 30.7 Å². The number of hydrogen-bond acceptors (Lipinski definition) is 4. The van der Waals surface area contributed by atoms with Gasteiger partial charge >= 0.3 is 0 Å². The van der Waals surface area contributed by atoms with Crippen molar-refractivity contribution in [1.29, 1.82) is 0 Å². The summed E-state index contributed by atoms with van der Waals surface area (Å²) in [6, 6.07) is 7.26. The molecule has 1 atom stereocenters. The third-order valence-electron chi connectivity index (χ3n) is 2.49. The predicted molar refractivity (Wildman–Crippen MR) is 70.0 cm³/mol. The van der Waals surface area contributed by atoms with E-state index in [0.717, 1.165) is 18.8 Å². The van der Waals surface area contributed by atoms with Crippen LogP contribution in [-0.2, 0) is 0 Å². The van der Waals surface area contributed by atoms with E-state index in [4.69, 9.17) is 19.7 Å². The van der Waals surface area contributed by atoms with E-state index < -0.39 is 6.10 Å². The van der Waals surface area contributed by atoms with Gasteiger partial charge in [-0.1, -0.05) is 19.8 Å². The first-order valence-electron chi connectivity index (χ1n) is 6.40. The van der Waals surface area contributed by atoms with Crippen molar-refractivity contribution in [1.82, 2.24) is 0 Å². The molecular weight excluding hydrogens is 232 g/mol. The zero-order valence-corrected chi connectivity index (χ0v) is 10.8. The lowest BCUT2D eigenvalue weighted by atomic mass is 10.3. The second kappa shape index (κ2) is 8.78. The van der Waals surface area contributed by atoms with Crippen molar-refractivity contribution in [2.45, 2.75) is 32.3 Å². The highest BCUT2D eigenvalue weighted by molar-refractivity contribution is 5.31. The molecule has 0 saturated heterocycles. The fourth-order valence-corrected chi connectivity index (χ4v) is 1.42. The Kier molecular flexibility index (Phi) is 7.22. The molecule has 0 aliphatic heterocycles. The fourth-order valence-electron chi connectivity index (χ4n) is 1.42. The van der Waals surface area contributed by atoms with E-state index in [1.165, 1.54) is 12.8 Å². The molecule has 1 aromatic carbocycles. The van der Waals surface area contributed by atoms with E-state index in [2.05, 4.69) is 6.92 Å². The molecule has 0 spiro atoms. The van der Waals surface area contributed by atoms with Crippen LogP contribution in [-0.4, -0.2) is 36.1 Å². The summed E-state index contributed by atoms with van der Waals surface area (Å²) in [6.07, 6.45) is 2.59. The maximum Gasteiger partial charge on any atom is 0.119 e. The minimum Gasteiger partial charge on any atom is -0.494 e. The number of aliphatic hydroxyl groups excluding tert-OH is 2. The summed E-state index contributed by atoms with van der Waals surface area (Å²) in [4.78, 5) is 0. The molecule has 4 nitrogen and oxygen atoms in total. The van der Waals surface area contributed by atoms with Gasteiger partial charge in [0.1, 0.15) is 24.2 Å². The number of unbranched alkanes of at least 4 members (excludes halogenated alkanes) is 2. The Morgan fingerprint density at radius 1 is 1.06 bits per heavy atom. The molecule has 1 rings (SSSR count). The number of benzene rings is 1. The van der Waals surface area contributed by atoms with E-state index in [9.17, 15) is 0 Å². The van der Waals surface area contributed by atoms with E-state index >= 15 is 0 Å². The van der Waals surface area contributed by atoms with Crippen molar-refractivity contribution in [3.63, 3.8) is 0 Å². The largest absolute Gasteiger partial charge is 0.494 e. The Balaban J connectivity index is 2.28. The normalized spacial score (nSPS) is 12.2. The van der Waals surface area contributed by atoms with Crippen LogP contribution in [0.2, 0.25) is 0 Å². The van der Waals surface area contributed by atoms with Crippen molar-refractivity contribution >= 4 is 0 Å². The lowest BCUT2D eigenvalue weighted by Gasteiger charge is -2.10. The number of hydrogen-bond donors (Lipinski definition) is 2. The molecule has 0 saturated carbocycles. The molecule has 0 bridgehead atoms. The average molecular weight is 254 g/mol. The van der Waals surface area contributed by atoms with Crippen molar-refractivity contribution in [2.24, 2.45) is 0 Å². The maximum atomic E-state index is 9.14. The van der Waals surface area contributed by atoms with Crippen LogP contribution >= 0.6 is 0 Å². The van der Waals surface area contributed by atoms with Crippen LogP contribution in [0.25, 0.3) is 0 Å². The number of rotatable bonds is 9. The molecule has 0 aliphatic carbocycles. The minimum absolute atomic E-state index is 0.0905. The SMILES string of the molecule is CCCCCOc1ccc(OCC(O)CO)cc1. The van der Waals surface area contributed by atoms with Gasteiger partial charge in [-0.3, -0.25) is 0 Å². The van der Waals surface area contributed by atoms with Gasteiger partial charge in [-0.25, -0.2) is 0 Å². The molecule has 18 heavy (non-hydrogen) atoms. The van der Waals surface area contributed by atoms with Gasteiger partial charge < -0.3 is 19.7 Å². The van der Waals surface area contributed by atoms with Crippen LogP contribution in [0.15, 0.2) is 24.3 Å². The quantitative estimate of drug-likeness (QED) is 0.662. The van der Waals surface area contributed by atoms with Crippen LogP contribution in [0.5, 0.6) is 11.5 Å². The summed E-state index contributed by atoms with van der Waals surface area (Å²) >= 11 is 0. The van der Waals surface area contributed by atoms with Gasteiger partial charge in [0.25, 0.3) is 0 Å². The highest BCUT2D eigenvalue weighted by Gasteiger charge is 2.03. The van der Waals surface area contributed by atoms with Gasteiger partial charge in [0.05, 0.1) is 13.2 Å². The molecule has 0 heterocycles. The summed E-state index contributed by atoms with van der Waals surface area (Å²) in [5.41, 5.74) is 0. The monoisotopic (exact) mass is 254 g/mol. The number of ether oxygens (including phenoxy) is 2. The van der Waals surface area contributed by atoms with Gasteiger partial charge in [-0.15, -0.1) is 0 Å². The Bertz CT molecular complexity index is 310. The molecule has 0 amide bonds. The van der Waals surface area contributed by atoms with E-state index in [1.54, 1.807) is 12.1 Å². The molecule has 102 valence electrons. The summed E-state index contributed by atoms with van der Waals surface area (Å²) < 4.78 is 10.9. The molecule has 2 N–H and O–H groups in total. The summed E-state index contributed by atoms with van der Waals surface area (Å²) in [5, 5.41) is 17.8. The standard InChI is InChI=1S/C14H22O4/c1-2-3-4-9-17-13-5-7-14(8-6-13)18-11-12(16)10-15/h5-8,12,15-16H,2-4,9-11H2,1H3. The van der Waals surface area contributed by atoms with Crippen molar-refractivity contribution in [3.8, 4) is 11.5 Å². The lowest BCUT2D eigenvalue weighted by molar-refractivity contribution is 0.0536. The Labute approximate surface area is 108 Å². The zero-order chi connectivity index (χ0) is 13.2. The Hall–Kier alpha value is -1.26. The van der Waals surface area contributed by atoms with E-state index in [0.29, 0.717) is 5.75 Å². The highest BCUT2D eigenvalue weighted by atomic mass is 16.5. The molecule has 0 fully saturated rings. The maximum absolute atomic E-state index is 9.14. The van der Waals surface area contributed by atoms with Crippen LogP contribution in [0.1, 0.15) is 26.2 Å². The van der Waals surface area contributed by atoms with Crippen molar-refractivity contribution < 1.29 is 19.7 Å². The van der Waals surface area contributed by atoms with Gasteiger partial charge in [0, 0.05) is 0 Å². The summed E-state index contributed by atoms with van der Waals surface area (Å²) in [6.45, 7) is 2.69. The first kappa shape index (κ1) is 14.8. The molecule has 1 aromatic rings. The third kappa shape index (κ3) is 5.89. The van der Waals surface area contributed by atoms with Crippen LogP contribution in [0.3, 0.4) is 0 Å². The highest BCUT2D eigenvalue weighted by Crippen LogP contribution is 2.18. The summed E-state index contributed by atoms with van der Waals surface area (Å²) in [5.74, 6) is 1.48. The average Bonchev–Trinajstić information content (AvgIpc) is 2.42. The minimum atomic E-state index is -0.838. The second-order valence-electron chi connectivity index (χ2n) is 4.17. The van der Waals surface area contributed by atoms with Gasteiger partial charge in [0.15, 0.2) is 0 Å². The Morgan fingerprint density at radius 3 is 2.22 bits per heavy atom. The molecule has 1 unspecified atom stereocenters. The molecule has 0 radical (unpaired) electrons. The van der Waals surface area contributed by atoms with Crippen molar-refractivity contribution in [3.05, 3.63) is 24.3 Å². The van der Waals surface area contributed by atoms with Crippen LogP contribution in [0.4, 0.5) is 0 Å². The molecule has 4 heteroatoms. The zero-order valence-electron chi connectivity index (χ0n) is 10.8. The molecule has 0 aromatic heterocycles. The van der Waals surface area contributed by atoms with Gasteiger partial charge in [-0.2, -0.15) is 0 Å². The topological polar surface area (TPSA) is 58.9 Å². The summed E-state index contributed by atoms with van der Waals surface area (Å²) in [7, 11) is 0. The second-order valence-corrected chi connectivity index (χ2v) is 4.17. The van der Waals surface area contributed by atoms with Crippen LogP contribution in [0, 0.1) is 0 Å². The van der Waals surface area contributed by atoms with Gasteiger partial charge in [0.2, 0.25) is 0 Å². The first-order chi connectivity index (χ1) is 8.76.